The number of nitrogens with one attached hydrogen (secondary N) is 1. The lowest BCUT2D eigenvalue weighted by Crippen LogP contribution is -2.49. The van der Waals surface area contributed by atoms with E-state index in [0.29, 0.717) is 5.92 Å². The molecule has 4 rings (SSSR count). The van der Waals surface area contributed by atoms with Crippen LogP contribution in [0.1, 0.15) is 37.2 Å². The van der Waals surface area contributed by atoms with Crippen molar-refractivity contribution in [2.45, 2.75) is 37.6 Å². The van der Waals surface area contributed by atoms with Crippen molar-refractivity contribution in [1.29, 1.82) is 0 Å². The molecule has 2 fully saturated rings. The Labute approximate surface area is 149 Å². The lowest BCUT2D eigenvalue weighted by molar-refractivity contribution is 0.0775. The topological polar surface area (TPSA) is 41.6 Å². The molecular formula is C21H26N2O2. The van der Waals surface area contributed by atoms with Gasteiger partial charge in [0.15, 0.2) is 0 Å². The molecule has 1 N–H and O–H groups in total. The molecule has 0 aliphatic carbocycles. The summed E-state index contributed by atoms with van der Waals surface area (Å²) in [6.07, 6.45) is 3.93. The molecule has 132 valence electrons. The highest BCUT2D eigenvalue weighted by Gasteiger charge is 2.26. The summed E-state index contributed by atoms with van der Waals surface area (Å²) < 4.78 is 5.36. The molecular weight excluding hydrogens is 312 g/mol. The molecule has 2 aliphatic heterocycles. The summed E-state index contributed by atoms with van der Waals surface area (Å²) in [6, 6.07) is 15.6. The van der Waals surface area contributed by atoms with E-state index in [2.05, 4.69) is 47.8 Å². The molecule has 4 heteroatoms. The largest absolute Gasteiger partial charge is 0.381 e. The van der Waals surface area contributed by atoms with E-state index < -0.39 is 0 Å². The van der Waals surface area contributed by atoms with Crippen molar-refractivity contribution in [1.82, 2.24) is 10.2 Å². The van der Waals surface area contributed by atoms with Gasteiger partial charge in [-0.2, -0.15) is 0 Å². The summed E-state index contributed by atoms with van der Waals surface area (Å²) in [5.41, 5.74) is 1.43. The Morgan fingerprint density at radius 3 is 2.48 bits per heavy atom. The fourth-order valence-corrected chi connectivity index (χ4v) is 4.11. The minimum absolute atomic E-state index is 0.100. The van der Waals surface area contributed by atoms with Gasteiger partial charge in [-0.15, -0.1) is 0 Å². The van der Waals surface area contributed by atoms with Crippen molar-refractivity contribution in [2.24, 2.45) is 0 Å². The van der Waals surface area contributed by atoms with E-state index in [-0.39, 0.29) is 12.1 Å². The van der Waals surface area contributed by atoms with Gasteiger partial charge in [0.2, 0.25) is 0 Å². The number of carbonyl (C=O) groups is 1. The smallest absolute Gasteiger partial charge is 0.317 e. The number of urea groups is 1. The fourth-order valence-electron chi connectivity index (χ4n) is 4.11. The first-order chi connectivity index (χ1) is 12.3. The second-order valence-electron chi connectivity index (χ2n) is 7.17. The van der Waals surface area contributed by atoms with Crippen LogP contribution in [0, 0.1) is 0 Å². The van der Waals surface area contributed by atoms with E-state index in [9.17, 15) is 4.79 Å². The number of fused-ring (bicyclic) bond motifs is 1. The molecule has 0 atom stereocenters. The van der Waals surface area contributed by atoms with Crippen LogP contribution in [0.5, 0.6) is 0 Å². The second-order valence-corrected chi connectivity index (χ2v) is 7.17. The highest BCUT2D eigenvalue weighted by molar-refractivity contribution is 5.86. The first kappa shape index (κ1) is 16.4. The summed E-state index contributed by atoms with van der Waals surface area (Å²) in [5.74, 6) is 0.540. The first-order valence-electron chi connectivity index (χ1n) is 9.42. The lowest BCUT2D eigenvalue weighted by Gasteiger charge is -2.34. The SMILES string of the molecule is O=C(NC1CCOCC1)N1CCC(c2cccc3ccccc23)CC1. The van der Waals surface area contributed by atoms with Crippen molar-refractivity contribution in [3.8, 4) is 0 Å². The number of amides is 2. The number of likely N-dealkylation sites (tertiary alicyclic amines) is 1. The maximum absolute atomic E-state index is 12.5. The monoisotopic (exact) mass is 338 g/mol. The van der Waals surface area contributed by atoms with Gasteiger partial charge in [-0.1, -0.05) is 42.5 Å². The maximum atomic E-state index is 12.5. The molecule has 2 amide bonds. The van der Waals surface area contributed by atoms with Crippen molar-refractivity contribution in [3.63, 3.8) is 0 Å². The van der Waals surface area contributed by atoms with Crippen molar-refractivity contribution >= 4 is 16.8 Å². The molecule has 25 heavy (non-hydrogen) atoms. The van der Waals surface area contributed by atoms with Gasteiger partial charge in [0, 0.05) is 32.3 Å². The van der Waals surface area contributed by atoms with Gasteiger partial charge in [0.05, 0.1) is 0 Å². The van der Waals surface area contributed by atoms with Crippen LogP contribution < -0.4 is 5.32 Å². The maximum Gasteiger partial charge on any atom is 0.317 e. The third-order valence-electron chi connectivity index (χ3n) is 5.59. The minimum atomic E-state index is 0.100. The number of carbonyl (C=O) groups excluding carboxylic acids is 1. The normalized spacial score (nSPS) is 19.9. The van der Waals surface area contributed by atoms with E-state index in [1.165, 1.54) is 16.3 Å². The molecule has 2 aromatic rings. The van der Waals surface area contributed by atoms with Crippen LogP contribution in [-0.2, 0) is 4.74 Å². The van der Waals surface area contributed by atoms with Gasteiger partial charge < -0.3 is 15.0 Å². The van der Waals surface area contributed by atoms with Crippen LogP contribution in [-0.4, -0.2) is 43.3 Å². The molecule has 2 saturated heterocycles. The van der Waals surface area contributed by atoms with E-state index in [4.69, 9.17) is 4.74 Å². The molecule has 2 aromatic carbocycles. The summed E-state index contributed by atoms with van der Waals surface area (Å²) in [6.45, 7) is 3.19. The van der Waals surface area contributed by atoms with Crippen molar-refractivity contribution < 1.29 is 9.53 Å². The average molecular weight is 338 g/mol. The molecule has 0 spiro atoms. The van der Waals surface area contributed by atoms with Gasteiger partial charge in [-0.05, 0) is 47.9 Å². The van der Waals surface area contributed by atoms with Crippen molar-refractivity contribution in [2.75, 3.05) is 26.3 Å². The molecule has 4 nitrogen and oxygen atoms in total. The number of benzene rings is 2. The molecule has 2 heterocycles. The number of hydrogen-bond acceptors (Lipinski definition) is 2. The highest BCUT2D eigenvalue weighted by Crippen LogP contribution is 2.33. The van der Waals surface area contributed by atoms with E-state index >= 15 is 0 Å². The molecule has 0 bridgehead atoms. The zero-order valence-corrected chi connectivity index (χ0v) is 14.6. The Hall–Kier alpha value is -2.07. The van der Waals surface area contributed by atoms with Gasteiger partial charge in [0.25, 0.3) is 0 Å². The summed E-state index contributed by atoms with van der Waals surface area (Å²) in [4.78, 5) is 14.5. The van der Waals surface area contributed by atoms with Gasteiger partial charge in [-0.25, -0.2) is 4.79 Å². The zero-order chi connectivity index (χ0) is 17.1. The number of hydrogen-bond donors (Lipinski definition) is 1. The minimum Gasteiger partial charge on any atom is -0.381 e. The number of nitrogens with zero attached hydrogens (tertiary/aromatic N) is 1. The second kappa shape index (κ2) is 7.44. The van der Waals surface area contributed by atoms with Crippen LogP contribution >= 0.6 is 0 Å². The molecule has 0 radical (unpaired) electrons. The third-order valence-corrected chi connectivity index (χ3v) is 5.59. The Bertz CT molecular complexity index is 726. The van der Waals surface area contributed by atoms with Crippen LogP contribution in [0.4, 0.5) is 4.79 Å². The Balaban J connectivity index is 1.38. The standard InChI is InChI=1S/C21H26N2O2/c24-21(22-18-10-14-25-15-11-18)23-12-8-17(9-13-23)20-7-3-5-16-4-1-2-6-19(16)20/h1-7,17-18H,8-15H2,(H,22,24). The predicted molar refractivity (Wildman–Crippen MR) is 99.9 cm³/mol. The molecule has 0 aromatic heterocycles. The Morgan fingerprint density at radius 2 is 1.68 bits per heavy atom. The fraction of sp³-hybridized carbons (Fsp3) is 0.476. The lowest BCUT2D eigenvalue weighted by atomic mass is 9.86. The molecule has 0 saturated carbocycles. The van der Waals surface area contributed by atoms with Crippen LogP contribution in [0.15, 0.2) is 42.5 Å². The Kier molecular flexibility index (Phi) is 4.88. The van der Waals surface area contributed by atoms with E-state index in [1.807, 2.05) is 4.90 Å². The summed E-state index contributed by atoms with van der Waals surface area (Å²) in [7, 11) is 0. The zero-order valence-electron chi connectivity index (χ0n) is 14.6. The quantitative estimate of drug-likeness (QED) is 0.902. The summed E-state index contributed by atoms with van der Waals surface area (Å²) in [5, 5.41) is 5.84. The van der Waals surface area contributed by atoms with Crippen LogP contribution in [0.3, 0.4) is 0 Å². The highest BCUT2D eigenvalue weighted by atomic mass is 16.5. The van der Waals surface area contributed by atoms with Gasteiger partial charge in [-0.3, -0.25) is 0 Å². The molecule has 0 unspecified atom stereocenters. The van der Waals surface area contributed by atoms with E-state index in [1.54, 1.807) is 0 Å². The number of ether oxygens (including phenoxy) is 1. The van der Waals surface area contributed by atoms with Crippen LogP contribution in [0.2, 0.25) is 0 Å². The average Bonchev–Trinajstić information content (AvgIpc) is 2.68. The first-order valence-corrected chi connectivity index (χ1v) is 9.42. The molecule has 2 aliphatic rings. The van der Waals surface area contributed by atoms with Crippen molar-refractivity contribution in [3.05, 3.63) is 48.0 Å². The number of piperidine rings is 1. The third kappa shape index (κ3) is 3.64. The Morgan fingerprint density at radius 1 is 0.960 bits per heavy atom. The predicted octanol–water partition coefficient (Wildman–Crippen LogP) is 3.91. The number of rotatable bonds is 2. The summed E-state index contributed by atoms with van der Waals surface area (Å²) >= 11 is 0. The van der Waals surface area contributed by atoms with E-state index in [0.717, 1.165) is 52.0 Å². The van der Waals surface area contributed by atoms with Gasteiger partial charge in [0.1, 0.15) is 0 Å². The van der Waals surface area contributed by atoms with Crippen LogP contribution in [0.25, 0.3) is 10.8 Å². The van der Waals surface area contributed by atoms with Gasteiger partial charge >= 0.3 is 6.03 Å².